The van der Waals surface area contributed by atoms with Crippen molar-refractivity contribution in [1.82, 2.24) is 4.98 Å². The van der Waals surface area contributed by atoms with Crippen molar-refractivity contribution in [1.29, 1.82) is 0 Å². The molecule has 0 unspecified atom stereocenters. The van der Waals surface area contributed by atoms with Gasteiger partial charge in [0.05, 0.1) is 16.8 Å². The van der Waals surface area contributed by atoms with Gasteiger partial charge >= 0.3 is 0 Å². The van der Waals surface area contributed by atoms with Gasteiger partial charge in [-0.3, -0.25) is 4.72 Å². The quantitative estimate of drug-likeness (QED) is 0.671. The van der Waals surface area contributed by atoms with Gasteiger partial charge in [0.1, 0.15) is 5.82 Å². The third kappa shape index (κ3) is 5.23. The van der Waals surface area contributed by atoms with E-state index in [1.807, 2.05) is 19.1 Å². The molecule has 0 bridgehead atoms. The Morgan fingerprint density at radius 3 is 2.33 bits per heavy atom. The van der Waals surface area contributed by atoms with E-state index in [0.717, 1.165) is 30.8 Å². The first-order valence-electron chi connectivity index (χ1n) is 8.37. The second kappa shape index (κ2) is 8.68. The van der Waals surface area contributed by atoms with Gasteiger partial charge < -0.3 is 5.32 Å². The molecule has 24 heavy (non-hydrogen) atoms. The summed E-state index contributed by atoms with van der Waals surface area (Å²) in [6.45, 7) is 5.07. The molecule has 2 N–H and O–H groups in total. The lowest BCUT2D eigenvalue weighted by molar-refractivity contribution is 0.601. The Kier molecular flexibility index (Phi) is 6.61. The first-order chi connectivity index (χ1) is 11.5. The Morgan fingerprint density at radius 2 is 1.75 bits per heavy atom. The van der Waals surface area contributed by atoms with Gasteiger partial charge in [0.2, 0.25) is 0 Å². The van der Waals surface area contributed by atoms with Crippen LogP contribution in [0.3, 0.4) is 0 Å². The lowest BCUT2D eigenvalue weighted by Crippen LogP contribution is -2.13. The van der Waals surface area contributed by atoms with Gasteiger partial charge in [-0.15, -0.1) is 0 Å². The van der Waals surface area contributed by atoms with Crippen LogP contribution in [0, 0.1) is 0 Å². The molecular weight excluding hydrogens is 322 g/mol. The van der Waals surface area contributed by atoms with Crippen molar-refractivity contribution in [2.45, 2.75) is 44.4 Å². The van der Waals surface area contributed by atoms with E-state index in [2.05, 4.69) is 21.9 Å². The molecule has 130 valence electrons. The Bertz CT molecular complexity index is 726. The van der Waals surface area contributed by atoms with Crippen LogP contribution in [0.1, 0.15) is 38.7 Å². The van der Waals surface area contributed by atoms with Gasteiger partial charge in [-0.1, -0.05) is 38.8 Å². The summed E-state index contributed by atoms with van der Waals surface area (Å²) >= 11 is 0. The van der Waals surface area contributed by atoms with Gasteiger partial charge in [-0.25, -0.2) is 13.4 Å². The smallest absolute Gasteiger partial charge is 0.261 e. The summed E-state index contributed by atoms with van der Waals surface area (Å²) in [5, 5.41) is 3.23. The minimum absolute atomic E-state index is 0.251. The zero-order valence-corrected chi connectivity index (χ0v) is 15.1. The SMILES string of the molecule is CCCCCNc1ccc(NS(=O)(=O)c2ccc(CC)cc2)cn1. The van der Waals surface area contributed by atoms with Crippen LogP contribution >= 0.6 is 0 Å². The van der Waals surface area contributed by atoms with Gasteiger partial charge in [-0.05, 0) is 42.7 Å². The Balaban J connectivity index is 1.98. The van der Waals surface area contributed by atoms with Gasteiger partial charge in [-0.2, -0.15) is 0 Å². The summed E-state index contributed by atoms with van der Waals surface area (Å²) in [5.74, 6) is 0.751. The second-order valence-corrected chi connectivity index (χ2v) is 7.35. The Hall–Kier alpha value is -2.08. The first-order valence-corrected chi connectivity index (χ1v) is 9.85. The van der Waals surface area contributed by atoms with E-state index in [1.165, 1.54) is 19.0 Å². The third-order valence-corrected chi connectivity index (χ3v) is 5.14. The van der Waals surface area contributed by atoms with Crippen LogP contribution in [0.15, 0.2) is 47.5 Å². The number of aromatic nitrogens is 1. The number of nitrogens with one attached hydrogen (secondary N) is 2. The average Bonchev–Trinajstić information content (AvgIpc) is 2.60. The van der Waals surface area contributed by atoms with Crippen molar-refractivity contribution in [2.75, 3.05) is 16.6 Å². The maximum Gasteiger partial charge on any atom is 0.261 e. The van der Waals surface area contributed by atoms with Crippen LogP contribution in [0.4, 0.5) is 11.5 Å². The van der Waals surface area contributed by atoms with Crippen molar-refractivity contribution in [3.8, 4) is 0 Å². The summed E-state index contributed by atoms with van der Waals surface area (Å²) in [7, 11) is -3.59. The fraction of sp³-hybridized carbons (Fsp3) is 0.389. The maximum atomic E-state index is 12.4. The van der Waals surface area contributed by atoms with Crippen molar-refractivity contribution in [2.24, 2.45) is 0 Å². The predicted molar refractivity (Wildman–Crippen MR) is 98.9 cm³/mol. The lowest BCUT2D eigenvalue weighted by atomic mass is 10.2. The summed E-state index contributed by atoms with van der Waals surface area (Å²) in [5.41, 5.74) is 1.56. The number of unbranched alkanes of at least 4 members (excludes halogenated alkanes) is 2. The number of rotatable bonds is 9. The molecule has 0 aliphatic carbocycles. The molecule has 1 aromatic heterocycles. The number of hydrogen-bond donors (Lipinski definition) is 2. The number of sulfonamides is 1. The van der Waals surface area contributed by atoms with E-state index < -0.39 is 10.0 Å². The molecule has 0 aliphatic heterocycles. The molecule has 0 radical (unpaired) electrons. The molecule has 0 spiro atoms. The molecule has 0 amide bonds. The predicted octanol–water partition coefficient (Wildman–Crippen LogP) is 4.05. The Morgan fingerprint density at radius 1 is 1.00 bits per heavy atom. The third-order valence-electron chi connectivity index (χ3n) is 3.74. The summed E-state index contributed by atoms with van der Waals surface area (Å²) in [4.78, 5) is 4.49. The minimum Gasteiger partial charge on any atom is -0.370 e. The molecule has 5 nitrogen and oxygen atoms in total. The van der Waals surface area contributed by atoms with E-state index >= 15 is 0 Å². The van der Waals surface area contributed by atoms with Gasteiger partial charge in [0.15, 0.2) is 0 Å². The molecule has 2 aromatic rings. The van der Waals surface area contributed by atoms with Crippen molar-refractivity contribution >= 4 is 21.5 Å². The Labute approximate surface area is 144 Å². The van der Waals surface area contributed by atoms with Crippen LogP contribution in [-0.2, 0) is 16.4 Å². The standard InChI is InChI=1S/C18H25N3O2S/c1-3-5-6-13-19-18-12-9-16(14-20-18)21-24(22,23)17-10-7-15(4-2)8-11-17/h7-12,14,21H,3-6,13H2,1-2H3,(H,19,20). The van der Waals surface area contributed by atoms with Crippen molar-refractivity contribution in [3.63, 3.8) is 0 Å². The summed E-state index contributed by atoms with van der Waals surface area (Å²) < 4.78 is 27.3. The first kappa shape index (κ1) is 18.3. The lowest BCUT2D eigenvalue weighted by Gasteiger charge is -2.10. The largest absolute Gasteiger partial charge is 0.370 e. The molecule has 0 saturated heterocycles. The second-order valence-electron chi connectivity index (χ2n) is 5.67. The maximum absolute atomic E-state index is 12.4. The van der Waals surface area contributed by atoms with Gasteiger partial charge in [0, 0.05) is 6.54 Å². The zero-order chi connectivity index (χ0) is 17.4. The van der Waals surface area contributed by atoms with Gasteiger partial charge in [0.25, 0.3) is 10.0 Å². The molecule has 2 rings (SSSR count). The molecule has 0 atom stereocenters. The highest BCUT2D eigenvalue weighted by Gasteiger charge is 2.14. The van der Waals surface area contributed by atoms with Crippen LogP contribution in [0.25, 0.3) is 0 Å². The number of hydrogen-bond acceptors (Lipinski definition) is 4. The highest BCUT2D eigenvalue weighted by Crippen LogP contribution is 2.17. The van der Waals surface area contributed by atoms with Crippen LogP contribution < -0.4 is 10.0 Å². The molecule has 1 aromatic carbocycles. The molecule has 6 heteroatoms. The number of nitrogens with zero attached hydrogens (tertiary/aromatic N) is 1. The number of anilines is 2. The number of pyridine rings is 1. The van der Waals surface area contributed by atoms with Crippen LogP contribution in [-0.4, -0.2) is 19.9 Å². The molecule has 0 aliphatic rings. The monoisotopic (exact) mass is 347 g/mol. The highest BCUT2D eigenvalue weighted by molar-refractivity contribution is 7.92. The van der Waals surface area contributed by atoms with E-state index in [0.29, 0.717) is 5.69 Å². The molecule has 0 fully saturated rings. The summed E-state index contributed by atoms with van der Waals surface area (Å²) in [6, 6.07) is 10.4. The fourth-order valence-electron chi connectivity index (χ4n) is 2.27. The van der Waals surface area contributed by atoms with E-state index in [4.69, 9.17) is 0 Å². The zero-order valence-electron chi connectivity index (χ0n) is 14.2. The van der Waals surface area contributed by atoms with Crippen LogP contribution in [0.5, 0.6) is 0 Å². The molecule has 1 heterocycles. The van der Waals surface area contributed by atoms with Crippen molar-refractivity contribution in [3.05, 3.63) is 48.2 Å². The fourth-order valence-corrected chi connectivity index (χ4v) is 3.31. The molecule has 0 saturated carbocycles. The van der Waals surface area contributed by atoms with E-state index in [-0.39, 0.29) is 4.90 Å². The van der Waals surface area contributed by atoms with Crippen LogP contribution in [0.2, 0.25) is 0 Å². The average molecular weight is 347 g/mol. The highest BCUT2D eigenvalue weighted by atomic mass is 32.2. The molecular formula is C18H25N3O2S. The summed E-state index contributed by atoms with van der Waals surface area (Å²) in [6.07, 6.45) is 5.86. The van der Waals surface area contributed by atoms with E-state index in [1.54, 1.807) is 24.3 Å². The number of benzene rings is 1. The minimum atomic E-state index is -3.59. The normalized spacial score (nSPS) is 11.2. The topological polar surface area (TPSA) is 71.1 Å². The van der Waals surface area contributed by atoms with Crippen molar-refractivity contribution < 1.29 is 8.42 Å². The number of aryl methyl sites for hydroxylation is 1. The van der Waals surface area contributed by atoms with E-state index in [9.17, 15) is 8.42 Å².